The molecule has 0 aliphatic carbocycles. The Balaban J connectivity index is 1.98. The summed E-state index contributed by atoms with van der Waals surface area (Å²) in [5.41, 5.74) is 0.740. The van der Waals surface area contributed by atoms with Gasteiger partial charge in [-0.2, -0.15) is 0 Å². The van der Waals surface area contributed by atoms with Crippen molar-refractivity contribution < 1.29 is 19.3 Å². The molecule has 0 spiro atoms. The first-order valence-electron chi connectivity index (χ1n) is 6.37. The predicted molar refractivity (Wildman–Crippen MR) is 68.1 cm³/mol. The summed E-state index contributed by atoms with van der Waals surface area (Å²) in [5, 5.41) is 9.32. The molecule has 0 fully saturated rings. The van der Waals surface area contributed by atoms with Crippen LogP contribution in [0.2, 0.25) is 0 Å². The van der Waals surface area contributed by atoms with E-state index in [1.54, 1.807) is 12.1 Å². The van der Waals surface area contributed by atoms with E-state index in [0.29, 0.717) is 29.8 Å². The fourth-order valence-electron chi connectivity index (χ4n) is 1.90. The van der Waals surface area contributed by atoms with Crippen LogP contribution < -0.4 is 14.2 Å². The highest BCUT2D eigenvalue weighted by atomic mass is 16.7. The van der Waals surface area contributed by atoms with Gasteiger partial charge in [0.05, 0.1) is 13.2 Å². The molecule has 0 atom stereocenters. The first-order valence-corrected chi connectivity index (χ1v) is 6.37. The summed E-state index contributed by atoms with van der Waals surface area (Å²) in [6.45, 7) is 5.22. The fraction of sp³-hybridized carbons (Fsp3) is 0.571. The number of benzene rings is 1. The zero-order valence-corrected chi connectivity index (χ0v) is 10.9. The molecule has 1 aromatic rings. The van der Waals surface area contributed by atoms with E-state index in [-0.39, 0.29) is 13.4 Å². The zero-order chi connectivity index (χ0) is 13.0. The fourth-order valence-corrected chi connectivity index (χ4v) is 1.90. The molecular weight excluding hydrogens is 232 g/mol. The van der Waals surface area contributed by atoms with Gasteiger partial charge in [0.1, 0.15) is 5.75 Å². The lowest BCUT2D eigenvalue weighted by atomic mass is 10.1. The molecule has 4 heteroatoms. The maximum Gasteiger partial charge on any atom is 0.231 e. The van der Waals surface area contributed by atoms with Crippen molar-refractivity contribution in [2.75, 3.05) is 13.4 Å². The molecule has 0 saturated heterocycles. The van der Waals surface area contributed by atoms with Gasteiger partial charge in [-0.15, -0.1) is 0 Å². The van der Waals surface area contributed by atoms with E-state index in [1.165, 1.54) is 0 Å². The molecule has 18 heavy (non-hydrogen) atoms. The molecule has 100 valence electrons. The Hall–Kier alpha value is -1.42. The lowest BCUT2D eigenvalue weighted by molar-refractivity contribution is 0.173. The Kier molecular flexibility index (Phi) is 4.31. The number of aliphatic hydroxyl groups is 1. The van der Waals surface area contributed by atoms with Gasteiger partial charge in [-0.1, -0.05) is 13.8 Å². The molecule has 0 amide bonds. The van der Waals surface area contributed by atoms with Crippen molar-refractivity contribution in [1.29, 1.82) is 0 Å². The van der Waals surface area contributed by atoms with Crippen molar-refractivity contribution in [2.24, 2.45) is 5.92 Å². The molecule has 1 aliphatic rings. The van der Waals surface area contributed by atoms with Crippen LogP contribution in [0.5, 0.6) is 17.2 Å². The third-order valence-electron chi connectivity index (χ3n) is 2.91. The van der Waals surface area contributed by atoms with Crippen molar-refractivity contribution in [2.45, 2.75) is 33.3 Å². The number of ether oxygens (including phenoxy) is 3. The van der Waals surface area contributed by atoms with Crippen LogP contribution in [0.3, 0.4) is 0 Å². The Labute approximate surface area is 107 Å². The molecule has 1 N–H and O–H groups in total. The van der Waals surface area contributed by atoms with E-state index in [9.17, 15) is 5.11 Å². The van der Waals surface area contributed by atoms with Gasteiger partial charge in [-0.3, -0.25) is 0 Å². The summed E-state index contributed by atoms with van der Waals surface area (Å²) >= 11 is 0. The quantitative estimate of drug-likeness (QED) is 0.791. The highest BCUT2D eigenvalue weighted by molar-refractivity contribution is 5.51. The summed E-state index contributed by atoms with van der Waals surface area (Å²) in [6, 6.07) is 3.57. The van der Waals surface area contributed by atoms with Crippen molar-refractivity contribution in [1.82, 2.24) is 0 Å². The largest absolute Gasteiger partial charge is 0.493 e. The molecule has 1 aromatic carbocycles. The standard InChI is InChI=1S/C14H20O4/c1-10(2)4-3-5-16-12-7-14-13(17-9-18-14)6-11(12)8-15/h6-7,10,15H,3-5,8-9H2,1-2H3. The van der Waals surface area contributed by atoms with Gasteiger partial charge >= 0.3 is 0 Å². The lowest BCUT2D eigenvalue weighted by Gasteiger charge is -2.11. The van der Waals surface area contributed by atoms with E-state index < -0.39 is 0 Å². The summed E-state index contributed by atoms with van der Waals surface area (Å²) in [5.74, 6) is 2.73. The van der Waals surface area contributed by atoms with Crippen LogP contribution in [-0.2, 0) is 6.61 Å². The van der Waals surface area contributed by atoms with Gasteiger partial charge < -0.3 is 19.3 Å². The average Bonchev–Trinajstić information content (AvgIpc) is 2.80. The van der Waals surface area contributed by atoms with Crippen LogP contribution in [0.15, 0.2) is 12.1 Å². The van der Waals surface area contributed by atoms with E-state index >= 15 is 0 Å². The number of rotatable bonds is 6. The predicted octanol–water partition coefficient (Wildman–Crippen LogP) is 2.72. The summed E-state index contributed by atoms with van der Waals surface area (Å²) in [4.78, 5) is 0. The van der Waals surface area contributed by atoms with Crippen LogP contribution in [0, 0.1) is 5.92 Å². The van der Waals surface area contributed by atoms with E-state index in [2.05, 4.69) is 13.8 Å². The van der Waals surface area contributed by atoms with Crippen molar-refractivity contribution in [3.05, 3.63) is 17.7 Å². The SMILES string of the molecule is CC(C)CCCOc1cc2c(cc1CO)OCO2. The molecule has 1 heterocycles. The van der Waals surface area contributed by atoms with Crippen LogP contribution in [0.25, 0.3) is 0 Å². The Morgan fingerprint density at radius 1 is 1.28 bits per heavy atom. The maximum absolute atomic E-state index is 9.32. The second-order valence-corrected chi connectivity index (χ2v) is 4.86. The van der Waals surface area contributed by atoms with E-state index in [0.717, 1.165) is 18.4 Å². The first-order chi connectivity index (χ1) is 8.70. The molecular formula is C14H20O4. The van der Waals surface area contributed by atoms with Crippen molar-refractivity contribution in [3.63, 3.8) is 0 Å². The van der Waals surface area contributed by atoms with Gasteiger partial charge in [-0.25, -0.2) is 0 Å². The summed E-state index contributed by atoms with van der Waals surface area (Å²) in [7, 11) is 0. The topological polar surface area (TPSA) is 47.9 Å². The second-order valence-electron chi connectivity index (χ2n) is 4.86. The van der Waals surface area contributed by atoms with Crippen LogP contribution in [0.1, 0.15) is 32.3 Å². The number of hydrogen-bond donors (Lipinski definition) is 1. The lowest BCUT2D eigenvalue weighted by Crippen LogP contribution is -2.02. The second kappa shape index (κ2) is 5.96. The zero-order valence-electron chi connectivity index (χ0n) is 10.9. The third kappa shape index (κ3) is 3.07. The van der Waals surface area contributed by atoms with E-state index in [1.807, 2.05) is 0 Å². The van der Waals surface area contributed by atoms with Gasteiger partial charge in [0, 0.05) is 11.6 Å². The molecule has 1 aliphatic heterocycles. The monoisotopic (exact) mass is 252 g/mol. The minimum atomic E-state index is -0.0594. The van der Waals surface area contributed by atoms with Crippen LogP contribution >= 0.6 is 0 Å². The number of fused-ring (bicyclic) bond motifs is 1. The van der Waals surface area contributed by atoms with Gasteiger partial charge in [0.25, 0.3) is 0 Å². The highest BCUT2D eigenvalue weighted by Gasteiger charge is 2.17. The molecule has 2 rings (SSSR count). The normalized spacial score (nSPS) is 13.1. The first kappa shape index (κ1) is 13.0. The smallest absolute Gasteiger partial charge is 0.231 e. The minimum Gasteiger partial charge on any atom is -0.493 e. The Morgan fingerprint density at radius 3 is 2.67 bits per heavy atom. The van der Waals surface area contributed by atoms with Gasteiger partial charge in [-0.05, 0) is 24.8 Å². The highest BCUT2D eigenvalue weighted by Crippen LogP contribution is 2.38. The third-order valence-corrected chi connectivity index (χ3v) is 2.91. The molecule has 0 unspecified atom stereocenters. The maximum atomic E-state index is 9.32. The van der Waals surface area contributed by atoms with Crippen LogP contribution in [-0.4, -0.2) is 18.5 Å². The van der Waals surface area contributed by atoms with Crippen molar-refractivity contribution >= 4 is 0 Å². The van der Waals surface area contributed by atoms with Crippen molar-refractivity contribution in [3.8, 4) is 17.2 Å². The van der Waals surface area contributed by atoms with Gasteiger partial charge in [0.15, 0.2) is 11.5 Å². The molecule has 0 saturated carbocycles. The van der Waals surface area contributed by atoms with E-state index in [4.69, 9.17) is 14.2 Å². The average molecular weight is 252 g/mol. The summed E-state index contributed by atoms with van der Waals surface area (Å²) in [6.07, 6.45) is 2.15. The number of hydrogen-bond acceptors (Lipinski definition) is 4. The number of aliphatic hydroxyl groups excluding tert-OH is 1. The molecule has 0 bridgehead atoms. The molecule has 4 nitrogen and oxygen atoms in total. The molecule has 0 radical (unpaired) electrons. The Bertz CT molecular complexity index is 401. The van der Waals surface area contributed by atoms with Gasteiger partial charge in [0.2, 0.25) is 6.79 Å². The molecule has 0 aromatic heterocycles. The van der Waals surface area contributed by atoms with Crippen LogP contribution in [0.4, 0.5) is 0 Å². The Morgan fingerprint density at radius 2 is 2.00 bits per heavy atom. The minimum absolute atomic E-state index is 0.0594. The summed E-state index contributed by atoms with van der Waals surface area (Å²) < 4.78 is 16.3.